The summed E-state index contributed by atoms with van der Waals surface area (Å²) in [5.74, 6) is -1.60. The van der Waals surface area contributed by atoms with Crippen molar-refractivity contribution >= 4 is 11.9 Å². The average molecular weight is 172 g/mol. The molecule has 0 aromatic heterocycles. The van der Waals surface area contributed by atoms with Gasteiger partial charge in [0.1, 0.15) is 0 Å². The van der Waals surface area contributed by atoms with E-state index in [0.717, 1.165) is 0 Å². The van der Waals surface area contributed by atoms with Gasteiger partial charge in [-0.2, -0.15) is 0 Å². The van der Waals surface area contributed by atoms with Gasteiger partial charge in [0, 0.05) is 5.57 Å². The zero-order valence-corrected chi connectivity index (χ0v) is 7.38. The van der Waals surface area contributed by atoms with E-state index in [-0.39, 0.29) is 12.0 Å². The molecule has 0 rings (SSSR count). The first kappa shape index (κ1) is 10.7. The number of allylic oxidation sites excluding steroid dienone is 1. The van der Waals surface area contributed by atoms with Gasteiger partial charge in [-0.25, -0.2) is 4.79 Å². The molecule has 0 aromatic carbocycles. The smallest absolute Gasteiger partial charge is 0.334 e. The van der Waals surface area contributed by atoms with E-state index in [1.165, 1.54) is 7.11 Å². The molecule has 4 heteroatoms. The van der Waals surface area contributed by atoms with Crippen molar-refractivity contribution in [1.82, 2.24) is 0 Å². The highest BCUT2D eigenvalue weighted by atomic mass is 16.5. The van der Waals surface area contributed by atoms with E-state index in [4.69, 9.17) is 5.11 Å². The number of methoxy groups -OCH3 is 1. The Morgan fingerprint density at radius 1 is 1.33 bits per heavy atom. The molecule has 0 fully saturated rings. The van der Waals surface area contributed by atoms with Gasteiger partial charge in [0.2, 0.25) is 0 Å². The fraction of sp³-hybridized carbons (Fsp3) is 0.500. The van der Waals surface area contributed by atoms with Crippen LogP contribution in [0, 0.1) is 0 Å². The zero-order valence-electron chi connectivity index (χ0n) is 7.38. The van der Waals surface area contributed by atoms with E-state index in [9.17, 15) is 9.59 Å². The molecular formula is C8H12O4. The Hall–Kier alpha value is -1.32. The van der Waals surface area contributed by atoms with E-state index in [2.05, 4.69) is 4.74 Å². The third-order valence-electron chi connectivity index (χ3n) is 1.36. The molecule has 4 nitrogen and oxygen atoms in total. The lowest BCUT2D eigenvalue weighted by Crippen LogP contribution is -2.10. The van der Waals surface area contributed by atoms with Crippen molar-refractivity contribution in [1.29, 1.82) is 0 Å². The van der Waals surface area contributed by atoms with Crippen LogP contribution in [0.3, 0.4) is 0 Å². The third kappa shape index (κ3) is 3.18. The molecule has 1 N–H and O–H groups in total. The standard InChI is InChI=1S/C8H12O4/c1-5(2)6(4-7(9)10)8(11)12-3/h4H2,1-3H3,(H,9,10). The summed E-state index contributed by atoms with van der Waals surface area (Å²) in [6.07, 6.45) is -0.283. The van der Waals surface area contributed by atoms with Crippen molar-refractivity contribution in [3.63, 3.8) is 0 Å². The van der Waals surface area contributed by atoms with E-state index >= 15 is 0 Å². The lowest BCUT2D eigenvalue weighted by atomic mass is 10.1. The molecule has 0 aliphatic rings. The summed E-state index contributed by atoms with van der Waals surface area (Å²) >= 11 is 0. The number of hydrogen-bond donors (Lipinski definition) is 1. The summed E-state index contributed by atoms with van der Waals surface area (Å²) in [6.45, 7) is 3.35. The monoisotopic (exact) mass is 172 g/mol. The number of carboxylic acids is 1. The predicted octanol–water partition coefficient (Wildman–Crippen LogP) is 0.970. The van der Waals surface area contributed by atoms with Gasteiger partial charge >= 0.3 is 11.9 Å². The second-order valence-electron chi connectivity index (χ2n) is 2.54. The first-order valence-corrected chi connectivity index (χ1v) is 3.45. The maximum atomic E-state index is 10.9. The normalized spacial score (nSPS) is 8.92. The predicted molar refractivity (Wildman–Crippen MR) is 42.6 cm³/mol. The summed E-state index contributed by atoms with van der Waals surface area (Å²) in [7, 11) is 1.23. The number of hydrogen-bond acceptors (Lipinski definition) is 3. The lowest BCUT2D eigenvalue weighted by molar-refractivity contribution is -0.141. The fourth-order valence-corrected chi connectivity index (χ4v) is 0.727. The summed E-state index contributed by atoms with van der Waals surface area (Å²) in [5.41, 5.74) is 0.884. The molecule has 0 aliphatic carbocycles. The molecule has 0 saturated heterocycles. The van der Waals surface area contributed by atoms with Crippen molar-refractivity contribution < 1.29 is 19.4 Å². The van der Waals surface area contributed by atoms with Crippen LogP contribution in [0.2, 0.25) is 0 Å². The van der Waals surface area contributed by atoms with E-state index < -0.39 is 11.9 Å². The second-order valence-corrected chi connectivity index (χ2v) is 2.54. The van der Waals surface area contributed by atoms with Crippen LogP contribution in [0.5, 0.6) is 0 Å². The Kier molecular flexibility index (Phi) is 4.04. The summed E-state index contributed by atoms with van der Waals surface area (Å²) < 4.78 is 4.41. The van der Waals surface area contributed by atoms with Gasteiger partial charge in [-0.05, 0) is 13.8 Å². The molecule has 0 atom stereocenters. The number of esters is 1. The zero-order chi connectivity index (χ0) is 9.72. The highest BCUT2D eigenvalue weighted by Gasteiger charge is 2.14. The van der Waals surface area contributed by atoms with Crippen LogP contribution in [0.1, 0.15) is 20.3 Å². The molecule has 0 heterocycles. The molecule has 0 bridgehead atoms. The summed E-state index contributed by atoms with van der Waals surface area (Å²) in [6, 6.07) is 0. The molecule has 0 aromatic rings. The van der Waals surface area contributed by atoms with Crippen LogP contribution in [0.25, 0.3) is 0 Å². The lowest BCUT2D eigenvalue weighted by Gasteiger charge is -2.03. The van der Waals surface area contributed by atoms with Gasteiger partial charge in [-0.3, -0.25) is 4.79 Å². The molecule has 0 radical (unpaired) electrons. The maximum absolute atomic E-state index is 10.9. The van der Waals surface area contributed by atoms with Gasteiger partial charge in [0.15, 0.2) is 0 Å². The number of carboxylic acid groups (broad SMARTS) is 1. The first-order valence-electron chi connectivity index (χ1n) is 3.45. The van der Waals surface area contributed by atoms with Crippen molar-refractivity contribution in [3.8, 4) is 0 Å². The van der Waals surface area contributed by atoms with Crippen LogP contribution < -0.4 is 0 Å². The SMILES string of the molecule is COC(=O)C(CC(=O)O)=C(C)C. The Morgan fingerprint density at radius 3 is 2.08 bits per heavy atom. The molecule has 0 aliphatic heterocycles. The third-order valence-corrected chi connectivity index (χ3v) is 1.36. The van der Waals surface area contributed by atoms with Crippen molar-refractivity contribution in [2.24, 2.45) is 0 Å². The molecule has 0 unspecified atom stereocenters. The number of aliphatic carboxylic acids is 1. The minimum atomic E-state index is -1.03. The van der Waals surface area contributed by atoms with Crippen LogP contribution in [-0.2, 0) is 14.3 Å². The van der Waals surface area contributed by atoms with Crippen LogP contribution in [0.4, 0.5) is 0 Å². The van der Waals surface area contributed by atoms with Crippen molar-refractivity contribution in [2.45, 2.75) is 20.3 Å². The number of ether oxygens (including phenoxy) is 1. The van der Waals surface area contributed by atoms with Crippen LogP contribution >= 0.6 is 0 Å². The summed E-state index contributed by atoms with van der Waals surface area (Å²) in [5, 5.41) is 8.44. The minimum Gasteiger partial charge on any atom is -0.481 e. The van der Waals surface area contributed by atoms with E-state index in [1.54, 1.807) is 13.8 Å². The van der Waals surface area contributed by atoms with Gasteiger partial charge in [0.25, 0.3) is 0 Å². The van der Waals surface area contributed by atoms with Gasteiger partial charge in [-0.1, -0.05) is 5.57 Å². The largest absolute Gasteiger partial charge is 0.481 e. The Morgan fingerprint density at radius 2 is 1.83 bits per heavy atom. The fourth-order valence-electron chi connectivity index (χ4n) is 0.727. The second kappa shape index (κ2) is 4.54. The van der Waals surface area contributed by atoms with E-state index in [0.29, 0.717) is 5.57 Å². The van der Waals surface area contributed by atoms with Crippen molar-refractivity contribution in [3.05, 3.63) is 11.1 Å². The summed E-state index contributed by atoms with van der Waals surface area (Å²) in [4.78, 5) is 21.2. The minimum absolute atomic E-state index is 0.213. The topological polar surface area (TPSA) is 63.6 Å². The van der Waals surface area contributed by atoms with Crippen LogP contribution in [0.15, 0.2) is 11.1 Å². The quantitative estimate of drug-likeness (QED) is 0.509. The van der Waals surface area contributed by atoms with Crippen molar-refractivity contribution in [2.75, 3.05) is 7.11 Å². The van der Waals surface area contributed by atoms with Gasteiger partial charge in [0.05, 0.1) is 13.5 Å². The molecule has 68 valence electrons. The molecule has 0 spiro atoms. The molecule has 0 saturated carbocycles. The number of carbonyl (C=O) groups excluding carboxylic acids is 1. The molecule has 12 heavy (non-hydrogen) atoms. The average Bonchev–Trinajstić information content (AvgIpc) is 1.98. The Balaban J connectivity index is 4.58. The first-order chi connectivity index (χ1) is 5.49. The van der Waals surface area contributed by atoms with Gasteiger partial charge in [-0.15, -0.1) is 0 Å². The molecular weight excluding hydrogens is 160 g/mol. The Bertz CT molecular complexity index is 223. The molecule has 0 amide bonds. The number of carbonyl (C=O) groups is 2. The van der Waals surface area contributed by atoms with Crippen LogP contribution in [-0.4, -0.2) is 24.2 Å². The maximum Gasteiger partial charge on any atom is 0.334 e. The highest BCUT2D eigenvalue weighted by molar-refractivity contribution is 5.94. The van der Waals surface area contributed by atoms with E-state index in [1.807, 2.05) is 0 Å². The highest BCUT2D eigenvalue weighted by Crippen LogP contribution is 2.09. The number of rotatable bonds is 3. The van der Waals surface area contributed by atoms with Gasteiger partial charge < -0.3 is 9.84 Å². The Labute approximate surface area is 70.8 Å².